The first-order valence-corrected chi connectivity index (χ1v) is 6.18. The Bertz CT molecular complexity index is 233. The SMILES string of the molecule is CCCCCC1CCC(CC(C)=O)C1=O. The van der Waals surface area contributed by atoms with Crippen LogP contribution >= 0.6 is 0 Å². The van der Waals surface area contributed by atoms with Gasteiger partial charge in [-0.1, -0.05) is 26.2 Å². The zero-order valence-corrected chi connectivity index (χ0v) is 9.92. The van der Waals surface area contributed by atoms with Gasteiger partial charge in [0.05, 0.1) is 0 Å². The van der Waals surface area contributed by atoms with Gasteiger partial charge >= 0.3 is 0 Å². The van der Waals surface area contributed by atoms with Crippen LogP contribution < -0.4 is 0 Å². The fraction of sp³-hybridized carbons (Fsp3) is 0.846. The van der Waals surface area contributed by atoms with Crippen LogP contribution in [0.5, 0.6) is 0 Å². The molecule has 0 amide bonds. The largest absolute Gasteiger partial charge is 0.300 e. The van der Waals surface area contributed by atoms with Gasteiger partial charge in [0.25, 0.3) is 0 Å². The lowest BCUT2D eigenvalue weighted by atomic mass is 9.95. The number of Topliss-reactive ketones (excluding diaryl/α,β-unsaturated/α-hetero) is 2. The molecule has 1 aliphatic rings. The van der Waals surface area contributed by atoms with Crippen molar-refractivity contribution in [3.8, 4) is 0 Å². The molecular formula is C13H22O2. The molecule has 0 bridgehead atoms. The van der Waals surface area contributed by atoms with Crippen LogP contribution in [0.4, 0.5) is 0 Å². The number of ketones is 2. The number of carbonyl (C=O) groups is 2. The Morgan fingerprint density at radius 2 is 1.93 bits per heavy atom. The van der Waals surface area contributed by atoms with Crippen molar-refractivity contribution in [1.82, 2.24) is 0 Å². The molecule has 0 radical (unpaired) electrons. The molecule has 1 rings (SSSR count). The van der Waals surface area contributed by atoms with Gasteiger partial charge in [-0.3, -0.25) is 4.79 Å². The van der Waals surface area contributed by atoms with Gasteiger partial charge in [0.15, 0.2) is 0 Å². The highest BCUT2D eigenvalue weighted by atomic mass is 16.1. The van der Waals surface area contributed by atoms with Crippen LogP contribution in [0.1, 0.15) is 58.8 Å². The Morgan fingerprint density at radius 3 is 2.53 bits per heavy atom. The number of carbonyl (C=O) groups excluding carboxylic acids is 2. The van der Waals surface area contributed by atoms with Crippen molar-refractivity contribution >= 4 is 11.6 Å². The van der Waals surface area contributed by atoms with Crippen LogP contribution in [0.3, 0.4) is 0 Å². The molecule has 0 aromatic heterocycles. The smallest absolute Gasteiger partial charge is 0.139 e. The van der Waals surface area contributed by atoms with Crippen molar-refractivity contribution < 1.29 is 9.59 Å². The lowest BCUT2D eigenvalue weighted by Gasteiger charge is -2.08. The first-order valence-electron chi connectivity index (χ1n) is 6.18. The number of hydrogen-bond donors (Lipinski definition) is 0. The van der Waals surface area contributed by atoms with E-state index in [1.165, 1.54) is 19.3 Å². The molecule has 2 unspecified atom stereocenters. The molecule has 2 heteroatoms. The minimum Gasteiger partial charge on any atom is -0.300 e. The Morgan fingerprint density at radius 1 is 1.27 bits per heavy atom. The number of hydrogen-bond acceptors (Lipinski definition) is 2. The number of rotatable bonds is 6. The standard InChI is InChI=1S/C13H22O2/c1-3-4-5-6-11-7-8-12(13(11)15)9-10(2)14/h11-12H,3-9H2,1-2H3. The molecule has 2 nitrogen and oxygen atoms in total. The zero-order chi connectivity index (χ0) is 11.3. The Balaban J connectivity index is 2.32. The Kier molecular flexibility index (Phi) is 5.00. The van der Waals surface area contributed by atoms with E-state index >= 15 is 0 Å². The normalized spacial score (nSPS) is 25.9. The van der Waals surface area contributed by atoms with Crippen molar-refractivity contribution in [2.24, 2.45) is 11.8 Å². The fourth-order valence-corrected chi connectivity index (χ4v) is 2.50. The van der Waals surface area contributed by atoms with E-state index in [2.05, 4.69) is 6.92 Å². The third-order valence-corrected chi connectivity index (χ3v) is 3.36. The molecule has 1 aliphatic carbocycles. The molecular weight excluding hydrogens is 188 g/mol. The van der Waals surface area contributed by atoms with Gasteiger partial charge in [-0.15, -0.1) is 0 Å². The van der Waals surface area contributed by atoms with Crippen LogP contribution in [0, 0.1) is 11.8 Å². The monoisotopic (exact) mass is 210 g/mol. The predicted molar refractivity (Wildman–Crippen MR) is 60.7 cm³/mol. The molecule has 0 spiro atoms. The molecule has 0 aliphatic heterocycles. The van der Waals surface area contributed by atoms with Crippen molar-refractivity contribution in [3.05, 3.63) is 0 Å². The second kappa shape index (κ2) is 6.04. The molecule has 15 heavy (non-hydrogen) atoms. The van der Waals surface area contributed by atoms with E-state index in [0.717, 1.165) is 19.3 Å². The van der Waals surface area contributed by atoms with E-state index < -0.39 is 0 Å². The quantitative estimate of drug-likeness (QED) is 0.631. The first-order chi connectivity index (χ1) is 7.15. The van der Waals surface area contributed by atoms with Crippen LogP contribution in [0.15, 0.2) is 0 Å². The van der Waals surface area contributed by atoms with Crippen molar-refractivity contribution in [1.29, 1.82) is 0 Å². The molecule has 86 valence electrons. The summed E-state index contributed by atoms with van der Waals surface area (Å²) in [7, 11) is 0. The summed E-state index contributed by atoms with van der Waals surface area (Å²) < 4.78 is 0. The van der Waals surface area contributed by atoms with E-state index in [0.29, 0.717) is 12.2 Å². The summed E-state index contributed by atoms with van der Waals surface area (Å²) in [6.07, 6.45) is 7.07. The topological polar surface area (TPSA) is 34.1 Å². The number of unbranched alkanes of at least 4 members (excludes halogenated alkanes) is 2. The fourth-order valence-electron chi connectivity index (χ4n) is 2.50. The molecule has 2 atom stereocenters. The van der Waals surface area contributed by atoms with Gasteiger partial charge < -0.3 is 4.79 Å². The van der Waals surface area contributed by atoms with Crippen LogP contribution in [-0.4, -0.2) is 11.6 Å². The van der Waals surface area contributed by atoms with E-state index in [1.807, 2.05) is 0 Å². The summed E-state index contributed by atoms with van der Waals surface area (Å²) in [6.45, 7) is 3.76. The van der Waals surface area contributed by atoms with Crippen LogP contribution in [0.25, 0.3) is 0 Å². The average molecular weight is 210 g/mol. The van der Waals surface area contributed by atoms with Crippen molar-refractivity contribution in [3.63, 3.8) is 0 Å². The van der Waals surface area contributed by atoms with E-state index in [9.17, 15) is 9.59 Å². The lowest BCUT2D eigenvalue weighted by Crippen LogP contribution is -2.16. The average Bonchev–Trinajstić information content (AvgIpc) is 2.49. The molecule has 0 aromatic carbocycles. The summed E-state index contributed by atoms with van der Waals surface area (Å²) in [4.78, 5) is 22.8. The van der Waals surface area contributed by atoms with Gasteiger partial charge in [0.2, 0.25) is 0 Å². The van der Waals surface area contributed by atoms with E-state index in [-0.39, 0.29) is 17.6 Å². The van der Waals surface area contributed by atoms with Crippen molar-refractivity contribution in [2.75, 3.05) is 0 Å². The third-order valence-electron chi connectivity index (χ3n) is 3.36. The predicted octanol–water partition coefficient (Wildman–Crippen LogP) is 3.14. The Labute approximate surface area is 92.4 Å². The lowest BCUT2D eigenvalue weighted by molar-refractivity contribution is -0.127. The highest BCUT2D eigenvalue weighted by molar-refractivity contribution is 5.89. The molecule has 1 saturated carbocycles. The summed E-state index contributed by atoms with van der Waals surface area (Å²) in [6, 6.07) is 0. The van der Waals surface area contributed by atoms with Crippen molar-refractivity contribution in [2.45, 2.75) is 58.8 Å². The maximum atomic E-state index is 11.9. The third kappa shape index (κ3) is 3.77. The second-order valence-corrected chi connectivity index (χ2v) is 4.78. The first kappa shape index (κ1) is 12.4. The van der Waals surface area contributed by atoms with Gasteiger partial charge in [-0.2, -0.15) is 0 Å². The molecule has 1 fully saturated rings. The van der Waals surface area contributed by atoms with E-state index in [4.69, 9.17) is 0 Å². The summed E-state index contributed by atoms with van der Waals surface area (Å²) in [5, 5.41) is 0. The minimum atomic E-state index is 0.0501. The summed E-state index contributed by atoms with van der Waals surface area (Å²) in [5.41, 5.74) is 0. The molecule has 0 heterocycles. The second-order valence-electron chi connectivity index (χ2n) is 4.78. The summed E-state index contributed by atoms with van der Waals surface area (Å²) >= 11 is 0. The zero-order valence-electron chi connectivity index (χ0n) is 9.92. The molecule has 0 saturated heterocycles. The van der Waals surface area contributed by atoms with Gasteiger partial charge in [-0.25, -0.2) is 0 Å². The van der Waals surface area contributed by atoms with Crippen LogP contribution in [-0.2, 0) is 9.59 Å². The van der Waals surface area contributed by atoms with E-state index in [1.54, 1.807) is 6.92 Å². The highest BCUT2D eigenvalue weighted by Crippen LogP contribution is 2.32. The molecule has 0 aromatic rings. The maximum absolute atomic E-state index is 11.9. The van der Waals surface area contributed by atoms with Gasteiger partial charge in [0.1, 0.15) is 11.6 Å². The molecule has 0 N–H and O–H groups in total. The van der Waals surface area contributed by atoms with Crippen LogP contribution in [0.2, 0.25) is 0 Å². The summed E-state index contributed by atoms with van der Waals surface area (Å²) in [5.74, 6) is 0.832. The Hall–Kier alpha value is -0.660. The maximum Gasteiger partial charge on any atom is 0.139 e. The highest BCUT2D eigenvalue weighted by Gasteiger charge is 2.33. The minimum absolute atomic E-state index is 0.0501. The van der Waals surface area contributed by atoms with Gasteiger partial charge in [0, 0.05) is 18.3 Å². The van der Waals surface area contributed by atoms with Gasteiger partial charge in [-0.05, 0) is 26.2 Å².